The largest absolute Gasteiger partial charge is 0.256 e. The Bertz CT molecular complexity index is 504. The summed E-state index contributed by atoms with van der Waals surface area (Å²) in [5, 5.41) is 8.79. The van der Waals surface area contributed by atoms with Crippen LogP contribution in [0.4, 0.5) is 0 Å². The molecular weight excluding hydrogens is 186 g/mol. The van der Waals surface area contributed by atoms with Crippen molar-refractivity contribution in [3.63, 3.8) is 0 Å². The highest BCUT2D eigenvalue weighted by Gasteiger charge is 2.10. The number of nitrogens with zero attached hydrogens (tertiary/aromatic N) is 3. The predicted molar refractivity (Wildman–Crippen MR) is 58.6 cm³/mol. The number of nitriles is 1. The lowest BCUT2D eigenvalue weighted by Crippen LogP contribution is -2.01. The average molecular weight is 197 g/mol. The number of allylic oxidation sites excluding steroid dienone is 2. The minimum Gasteiger partial charge on any atom is -0.256 e. The van der Waals surface area contributed by atoms with E-state index in [-0.39, 0.29) is 0 Å². The van der Waals surface area contributed by atoms with Gasteiger partial charge in [-0.2, -0.15) is 5.26 Å². The Morgan fingerprint density at radius 2 is 2.20 bits per heavy atom. The highest BCUT2D eigenvalue weighted by molar-refractivity contribution is 6.02. The molecular formula is C12H11N3. The van der Waals surface area contributed by atoms with Crippen LogP contribution in [0.1, 0.15) is 30.2 Å². The van der Waals surface area contributed by atoms with Gasteiger partial charge in [0.15, 0.2) is 0 Å². The molecule has 1 aromatic rings. The maximum Gasteiger partial charge on any atom is 0.101 e. The number of hydrogen-bond acceptors (Lipinski definition) is 3. The summed E-state index contributed by atoms with van der Waals surface area (Å²) in [6.45, 7) is 3.89. The van der Waals surface area contributed by atoms with Crippen LogP contribution >= 0.6 is 0 Å². The molecule has 0 saturated heterocycles. The number of aliphatic imine (C=N–C) groups is 1. The lowest BCUT2D eigenvalue weighted by molar-refractivity contribution is 1.21. The zero-order valence-electron chi connectivity index (χ0n) is 8.78. The highest BCUT2D eigenvalue weighted by atomic mass is 14.8. The smallest absolute Gasteiger partial charge is 0.101 e. The zero-order chi connectivity index (χ0) is 10.8. The number of aromatic nitrogens is 1. The SMILES string of the molecule is CC1=CCC(c2cc(C)c(C#N)cn2)=N1. The van der Waals surface area contributed by atoms with Crippen molar-refractivity contribution in [2.24, 2.45) is 4.99 Å². The summed E-state index contributed by atoms with van der Waals surface area (Å²) < 4.78 is 0. The maximum atomic E-state index is 8.79. The van der Waals surface area contributed by atoms with E-state index in [9.17, 15) is 0 Å². The van der Waals surface area contributed by atoms with Gasteiger partial charge in [-0.25, -0.2) is 0 Å². The molecule has 0 bridgehead atoms. The number of pyridine rings is 1. The third kappa shape index (κ3) is 1.79. The van der Waals surface area contributed by atoms with E-state index in [0.717, 1.165) is 29.1 Å². The van der Waals surface area contributed by atoms with Crippen molar-refractivity contribution >= 4 is 5.71 Å². The van der Waals surface area contributed by atoms with Crippen LogP contribution in [-0.2, 0) is 0 Å². The van der Waals surface area contributed by atoms with Gasteiger partial charge >= 0.3 is 0 Å². The Balaban J connectivity index is 2.37. The molecule has 3 nitrogen and oxygen atoms in total. The summed E-state index contributed by atoms with van der Waals surface area (Å²) in [6.07, 6.45) is 4.52. The molecule has 0 unspecified atom stereocenters. The number of rotatable bonds is 1. The van der Waals surface area contributed by atoms with E-state index in [0.29, 0.717) is 5.56 Å². The van der Waals surface area contributed by atoms with Crippen LogP contribution in [0.5, 0.6) is 0 Å². The minimum absolute atomic E-state index is 0.627. The van der Waals surface area contributed by atoms with Crippen molar-refractivity contribution in [3.05, 3.63) is 40.9 Å². The normalized spacial score (nSPS) is 14.5. The first-order valence-corrected chi connectivity index (χ1v) is 4.82. The van der Waals surface area contributed by atoms with Gasteiger partial charge in [-0.05, 0) is 25.5 Å². The molecule has 3 heteroatoms. The molecule has 74 valence electrons. The van der Waals surface area contributed by atoms with Gasteiger partial charge in [-0.1, -0.05) is 6.08 Å². The molecule has 0 spiro atoms. The second kappa shape index (κ2) is 3.66. The zero-order valence-corrected chi connectivity index (χ0v) is 8.78. The lowest BCUT2D eigenvalue weighted by Gasteiger charge is -2.02. The van der Waals surface area contributed by atoms with Gasteiger partial charge in [0.2, 0.25) is 0 Å². The van der Waals surface area contributed by atoms with Crippen LogP contribution in [0.25, 0.3) is 0 Å². The van der Waals surface area contributed by atoms with Crippen LogP contribution in [0.15, 0.2) is 29.0 Å². The first kappa shape index (κ1) is 9.60. The fraction of sp³-hybridized carbons (Fsp3) is 0.250. The fourth-order valence-electron chi connectivity index (χ4n) is 1.54. The Morgan fingerprint density at radius 3 is 2.73 bits per heavy atom. The number of aryl methyl sites for hydroxylation is 1. The second-order valence-electron chi connectivity index (χ2n) is 3.60. The van der Waals surface area contributed by atoms with Crippen LogP contribution in [-0.4, -0.2) is 10.7 Å². The van der Waals surface area contributed by atoms with Crippen LogP contribution < -0.4 is 0 Å². The summed E-state index contributed by atoms with van der Waals surface area (Å²) >= 11 is 0. The van der Waals surface area contributed by atoms with Crippen molar-refractivity contribution in [3.8, 4) is 6.07 Å². The predicted octanol–water partition coefficient (Wildman–Crippen LogP) is 2.36. The molecule has 2 rings (SSSR count). The van der Waals surface area contributed by atoms with E-state index in [1.54, 1.807) is 6.20 Å². The van der Waals surface area contributed by atoms with Crippen LogP contribution in [0, 0.1) is 18.3 Å². The standard InChI is InChI=1S/C12H11N3/c1-8-5-12(14-7-10(8)6-13)11-4-3-9(2)15-11/h3,5,7H,4H2,1-2H3. The topological polar surface area (TPSA) is 49.0 Å². The molecule has 0 fully saturated rings. The second-order valence-corrected chi connectivity index (χ2v) is 3.60. The van der Waals surface area contributed by atoms with Crippen molar-refractivity contribution in [1.29, 1.82) is 5.26 Å². The molecule has 0 atom stereocenters. The van der Waals surface area contributed by atoms with Gasteiger partial charge in [-0.15, -0.1) is 0 Å². The Hall–Kier alpha value is -1.95. The van der Waals surface area contributed by atoms with Gasteiger partial charge < -0.3 is 0 Å². The van der Waals surface area contributed by atoms with Crippen molar-refractivity contribution in [2.45, 2.75) is 20.3 Å². The maximum absolute atomic E-state index is 8.79. The van der Waals surface area contributed by atoms with Gasteiger partial charge in [0.05, 0.1) is 17.0 Å². The monoisotopic (exact) mass is 197 g/mol. The van der Waals surface area contributed by atoms with E-state index in [4.69, 9.17) is 5.26 Å². The van der Waals surface area contributed by atoms with E-state index >= 15 is 0 Å². The Kier molecular flexibility index (Phi) is 2.34. The minimum atomic E-state index is 0.627. The fourth-order valence-corrected chi connectivity index (χ4v) is 1.54. The Morgan fingerprint density at radius 1 is 1.40 bits per heavy atom. The molecule has 2 heterocycles. The lowest BCUT2D eigenvalue weighted by atomic mass is 10.1. The third-order valence-electron chi connectivity index (χ3n) is 2.43. The molecule has 15 heavy (non-hydrogen) atoms. The van der Waals surface area contributed by atoms with Gasteiger partial charge in [-0.3, -0.25) is 9.98 Å². The average Bonchev–Trinajstić information content (AvgIpc) is 2.65. The van der Waals surface area contributed by atoms with Crippen molar-refractivity contribution < 1.29 is 0 Å². The van der Waals surface area contributed by atoms with Crippen LogP contribution in [0.3, 0.4) is 0 Å². The summed E-state index contributed by atoms with van der Waals surface area (Å²) in [5.41, 5.74) is 4.48. The molecule has 0 aliphatic carbocycles. The van der Waals surface area contributed by atoms with Gasteiger partial charge in [0.25, 0.3) is 0 Å². The summed E-state index contributed by atoms with van der Waals surface area (Å²) in [6, 6.07) is 4.03. The molecule has 0 radical (unpaired) electrons. The molecule has 1 aliphatic rings. The third-order valence-corrected chi connectivity index (χ3v) is 2.43. The highest BCUT2D eigenvalue weighted by Crippen LogP contribution is 2.16. The van der Waals surface area contributed by atoms with Crippen molar-refractivity contribution in [1.82, 2.24) is 4.98 Å². The van der Waals surface area contributed by atoms with E-state index < -0.39 is 0 Å². The van der Waals surface area contributed by atoms with E-state index in [2.05, 4.69) is 22.1 Å². The summed E-state index contributed by atoms with van der Waals surface area (Å²) in [4.78, 5) is 8.63. The molecule has 1 aromatic heterocycles. The molecule has 0 N–H and O–H groups in total. The van der Waals surface area contributed by atoms with Crippen LogP contribution in [0.2, 0.25) is 0 Å². The van der Waals surface area contributed by atoms with Crippen molar-refractivity contribution in [2.75, 3.05) is 0 Å². The Labute approximate surface area is 88.8 Å². The first-order chi connectivity index (χ1) is 7.20. The van der Waals surface area contributed by atoms with E-state index in [1.807, 2.05) is 19.9 Å². The molecule has 0 aromatic carbocycles. The number of hydrogen-bond donors (Lipinski definition) is 0. The molecule has 0 saturated carbocycles. The summed E-state index contributed by atoms with van der Waals surface area (Å²) in [5.74, 6) is 0. The summed E-state index contributed by atoms with van der Waals surface area (Å²) in [7, 11) is 0. The quantitative estimate of drug-likeness (QED) is 0.693. The first-order valence-electron chi connectivity index (χ1n) is 4.82. The van der Waals surface area contributed by atoms with E-state index in [1.165, 1.54) is 0 Å². The molecule has 0 amide bonds. The molecule has 1 aliphatic heterocycles. The van der Waals surface area contributed by atoms with Gasteiger partial charge in [0.1, 0.15) is 6.07 Å². The van der Waals surface area contributed by atoms with Gasteiger partial charge in [0, 0.05) is 18.3 Å².